The molecular weight excluding hydrogens is 500 g/mol. The zero-order valence-electron chi connectivity index (χ0n) is 20.6. The van der Waals surface area contributed by atoms with Gasteiger partial charge in [0.2, 0.25) is 11.8 Å². The van der Waals surface area contributed by atoms with Crippen LogP contribution in [-0.4, -0.2) is 72.0 Å². The van der Waals surface area contributed by atoms with Gasteiger partial charge in [-0.2, -0.15) is 5.26 Å². The smallest absolute Gasteiger partial charge is 0.243 e. The van der Waals surface area contributed by atoms with Gasteiger partial charge in [-0.3, -0.25) is 14.5 Å². The highest BCUT2D eigenvalue weighted by molar-refractivity contribution is 7.92. The van der Waals surface area contributed by atoms with Gasteiger partial charge >= 0.3 is 0 Å². The molecule has 4 fully saturated rings. The van der Waals surface area contributed by atoms with Gasteiger partial charge in [0, 0.05) is 25.6 Å². The van der Waals surface area contributed by atoms with E-state index in [4.69, 9.17) is 11.6 Å². The topological polar surface area (TPSA) is 111 Å². The number of nitrogens with zero attached hydrogens (tertiary/aromatic N) is 3. The Morgan fingerprint density at radius 2 is 1.92 bits per heavy atom. The molecule has 1 unspecified atom stereocenters. The normalized spacial score (nSPS) is 28.8. The van der Waals surface area contributed by atoms with E-state index < -0.39 is 32.2 Å². The highest BCUT2D eigenvalue weighted by Crippen LogP contribution is 2.47. The molecule has 0 radical (unpaired) electrons. The van der Waals surface area contributed by atoms with Crippen LogP contribution >= 0.6 is 11.6 Å². The molecule has 0 spiro atoms. The number of carbonyl (C=O) groups excluding carboxylic acids is 2. The molecule has 4 aliphatic rings. The Morgan fingerprint density at radius 1 is 1.19 bits per heavy atom. The van der Waals surface area contributed by atoms with Crippen molar-refractivity contribution in [3.05, 3.63) is 29.3 Å². The van der Waals surface area contributed by atoms with E-state index in [2.05, 4.69) is 23.2 Å². The number of halogens is 1. The molecule has 0 bridgehead atoms. The Kier molecular flexibility index (Phi) is 6.59. The Hall–Kier alpha value is -2.15. The van der Waals surface area contributed by atoms with Gasteiger partial charge in [-0.05, 0) is 69.5 Å². The van der Waals surface area contributed by atoms with E-state index in [1.165, 1.54) is 6.07 Å². The molecule has 3 atom stereocenters. The molecule has 1 N–H and O–H groups in total. The first kappa shape index (κ1) is 25.5. The predicted molar refractivity (Wildman–Crippen MR) is 135 cm³/mol. The summed E-state index contributed by atoms with van der Waals surface area (Å²) in [5.74, 6) is 0.134. The number of likely N-dealkylation sites (tertiary alicyclic amines) is 2. The quantitative estimate of drug-likeness (QED) is 0.578. The van der Waals surface area contributed by atoms with Crippen LogP contribution in [0.5, 0.6) is 0 Å². The van der Waals surface area contributed by atoms with Crippen molar-refractivity contribution in [1.82, 2.24) is 15.1 Å². The third-order valence-electron chi connectivity index (χ3n) is 8.37. The zero-order chi connectivity index (χ0) is 25.7. The molecule has 10 heteroatoms. The molecule has 2 aliphatic heterocycles. The van der Waals surface area contributed by atoms with Crippen molar-refractivity contribution in [2.24, 2.45) is 5.92 Å². The molecule has 2 amide bonds. The molecule has 36 heavy (non-hydrogen) atoms. The Balaban J connectivity index is 1.40. The van der Waals surface area contributed by atoms with E-state index in [0.29, 0.717) is 18.8 Å². The van der Waals surface area contributed by atoms with Crippen molar-refractivity contribution in [1.29, 1.82) is 5.26 Å². The average molecular weight is 533 g/mol. The van der Waals surface area contributed by atoms with Gasteiger partial charge in [-0.1, -0.05) is 30.7 Å². The number of nitrogens with one attached hydrogen (secondary N) is 1. The molecular formula is C26H33ClN4O4S. The van der Waals surface area contributed by atoms with Crippen molar-refractivity contribution >= 4 is 33.3 Å². The van der Waals surface area contributed by atoms with Gasteiger partial charge in [0.05, 0.1) is 21.2 Å². The van der Waals surface area contributed by atoms with E-state index in [9.17, 15) is 23.3 Å². The summed E-state index contributed by atoms with van der Waals surface area (Å²) in [5, 5.41) is 11.5. The van der Waals surface area contributed by atoms with E-state index in [1.807, 2.05) is 0 Å². The molecule has 8 nitrogen and oxygen atoms in total. The monoisotopic (exact) mass is 532 g/mol. The molecule has 2 heterocycles. The second-order valence-electron chi connectivity index (χ2n) is 11.1. The van der Waals surface area contributed by atoms with Gasteiger partial charge in [0.1, 0.15) is 11.1 Å². The summed E-state index contributed by atoms with van der Waals surface area (Å²) in [5.41, 5.74) is -1.40. The lowest BCUT2D eigenvalue weighted by atomic mass is 9.97. The maximum absolute atomic E-state index is 14.0. The number of rotatable bonds is 7. The average Bonchev–Trinajstić information content (AvgIpc) is 3.76. The largest absolute Gasteiger partial charge is 0.338 e. The molecule has 2 aliphatic carbocycles. The molecule has 2 saturated carbocycles. The first-order valence-corrected chi connectivity index (χ1v) is 14.8. The molecule has 1 aromatic carbocycles. The van der Waals surface area contributed by atoms with Crippen LogP contribution in [0.25, 0.3) is 0 Å². The maximum Gasteiger partial charge on any atom is 0.243 e. The van der Waals surface area contributed by atoms with Crippen LogP contribution in [0, 0.1) is 17.2 Å². The maximum atomic E-state index is 14.0. The second-order valence-corrected chi connectivity index (χ2v) is 13.7. The lowest BCUT2D eigenvalue weighted by Crippen LogP contribution is -2.55. The number of hydrogen-bond acceptors (Lipinski definition) is 6. The highest BCUT2D eigenvalue weighted by Gasteiger charge is 2.59. The lowest BCUT2D eigenvalue weighted by Gasteiger charge is -2.39. The Bertz CT molecular complexity index is 1200. The van der Waals surface area contributed by atoms with Crippen LogP contribution < -0.4 is 5.32 Å². The van der Waals surface area contributed by atoms with Gasteiger partial charge in [0.15, 0.2) is 9.84 Å². The van der Waals surface area contributed by atoms with Gasteiger partial charge < -0.3 is 10.2 Å². The SMILES string of the molecule is CC1CCCN(C2(C(=O)N3C[C@H](S(=O)(=O)c4ccccc4Cl)C[C@@H]3CC(=O)NC3(C#N)CC3)CC2)C1. The van der Waals surface area contributed by atoms with Crippen molar-refractivity contribution in [2.75, 3.05) is 19.6 Å². The molecule has 1 aromatic rings. The van der Waals surface area contributed by atoms with Crippen molar-refractivity contribution < 1.29 is 18.0 Å². The molecule has 194 valence electrons. The van der Waals surface area contributed by atoms with Crippen LogP contribution in [0.15, 0.2) is 29.2 Å². The van der Waals surface area contributed by atoms with E-state index in [0.717, 1.165) is 38.8 Å². The van der Waals surface area contributed by atoms with Gasteiger partial charge in [-0.25, -0.2) is 8.42 Å². The minimum Gasteiger partial charge on any atom is -0.338 e. The number of amides is 2. The zero-order valence-corrected chi connectivity index (χ0v) is 22.2. The summed E-state index contributed by atoms with van der Waals surface area (Å²) < 4.78 is 27.1. The predicted octanol–water partition coefficient (Wildman–Crippen LogP) is 2.91. The molecule has 5 rings (SSSR count). The van der Waals surface area contributed by atoms with E-state index in [-0.39, 0.29) is 41.1 Å². The van der Waals surface area contributed by atoms with Crippen LogP contribution in [0.3, 0.4) is 0 Å². The minimum absolute atomic E-state index is 0.0177. The third kappa shape index (κ3) is 4.64. The van der Waals surface area contributed by atoms with Crippen LogP contribution in [-0.2, 0) is 19.4 Å². The second kappa shape index (κ2) is 9.30. The number of hydrogen-bond donors (Lipinski definition) is 1. The van der Waals surface area contributed by atoms with Crippen LogP contribution in [0.4, 0.5) is 0 Å². The fraction of sp³-hybridized carbons (Fsp3) is 0.654. The number of nitriles is 1. The first-order valence-electron chi connectivity index (χ1n) is 12.9. The van der Waals surface area contributed by atoms with Crippen molar-refractivity contribution in [3.63, 3.8) is 0 Å². The first-order chi connectivity index (χ1) is 17.1. The van der Waals surface area contributed by atoms with Gasteiger partial charge in [0.25, 0.3) is 0 Å². The lowest BCUT2D eigenvalue weighted by molar-refractivity contribution is -0.141. The van der Waals surface area contributed by atoms with Gasteiger partial charge in [-0.15, -0.1) is 0 Å². The number of sulfone groups is 1. The van der Waals surface area contributed by atoms with E-state index in [1.54, 1.807) is 23.1 Å². The van der Waals surface area contributed by atoms with Crippen LogP contribution in [0.2, 0.25) is 5.02 Å². The summed E-state index contributed by atoms with van der Waals surface area (Å²) in [6.07, 6.45) is 5.08. The summed E-state index contributed by atoms with van der Waals surface area (Å²) in [6.45, 7) is 3.96. The number of carbonyl (C=O) groups is 2. The standard InChI is InChI=1S/C26H33ClN4O4S/c1-18-5-4-12-30(15-18)26(10-11-26)24(33)31-16-20(36(34,35)22-7-3-2-6-21(22)27)13-19(31)14-23(32)29-25(17-28)8-9-25/h2-3,6-7,18-20H,4-5,8-16H2,1H3,(H,29,32)/t18?,19-,20-/m1/s1. The fourth-order valence-electron chi connectivity index (χ4n) is 5.95. The molecule has 0 aromatic heterocycles. The van der Waals surface area contributed by atoms with Crippen molar-refractivity contribution in [2.45, 2.75) is 85.6 Å². The highest BCUT2D eigenvalue weighted by atomic mass is 35.5. The minimum atomic E-state index is -3.81. The Morgan fingerprint density at radius 3 is 2.53 bits per heavy atom. The van der Waals surface area contributed by atoms with Crippen LogP contribution in [0.1, 0.15) is 58.3 Å². The van der Waals surface area contributed by atoms with Crippen molar-refractivity contribution in [3.8, 4) is 6.07 Å². The van der Waals surface area contributed by atoms with E-state index >= 15 is 0 Å². The summed E-state index contributed by atoms with van der Waals surface area (Å²) in [6, 6.07) is 7.96. The molecule has 2 saturated heterocycles. The third-order valence-corrected chi connectivity index (χ3v) is 11.0. The summed E-state index contributed by atoms with van der Waals surface area (Å²) >= 11 is 6.24. The number of piperidine rings is 1. The summed E-state index contributed by atoms with van der Waals surface area (Å²) in [4.78, 5) is 30.9. The summed E-state index contributed by atoms with van der Waals surface area (Å²) in [7, 11) is -3.81. The fourth-order valence-corrected chi connectivity index (χ4v) is 8.20. The Labute approximate surface area is 217 Å². The number of benzene rings is 1.